The van der Waals surface area contributed by atoms with Gasteiger partial charge in [-0.15, -0.1) is 0 Å². The fourth-order valence-corrected chi connectivity index (χ4v) is 5.04. The monoisotopic (exact) mass is 350 g/mol. The summed E-state index contributed by atoms with van der Waals surface area (Å²) in [7, 11) is -3.59. The molecule has 0 amide bonds. The largest absolute Gasteiger partial charge is 0.459 e. The Hall–Kier alpha value is -0.380. The first-order chi connectivity index (χ1) is 10.5. The van der Waals surface area contributed by atoms with Gasteiger partial charge in [-0.1, -0.05) is 27.2 Å². The highest BCUT2D eigenvalue weighted by molar-refractivity contribution is 7.55. The average Bonchev–Trinajstić information content (AvgIpc) is 2.36. The Balaban J connectivity index is 5.83. The van der Waals surface area contributed by atoms with Gasteiger partial charge in [0.1, 0.15) is 5.60 Å². The van der Waals surface area contributed by atoms with Crippen LogP contribution in [0.25, 0.3) is 0 Å². The lowest BCUT2D eigenvalue weighted by molar-refractivity contribution is -0.156. The first-order valence-corrected chi connectivity index (χ1v) is 10.2. The molecule has 0 saturated carbocycles. The van der Waals surface area contributed by atoms with E-state index in [-0.39, 0.29) is 25.0 Å². The van der Waals surface area contributed by atoms with Gasteiger partial charge in [-0.3, -0.25) is 9.36 Å². The van der Waals surface area contributed by atoms with Crippen LogP contribution in [0.5, 0.6) is 0 Å². The molecule has 0 fully saturated rings. The van der Waals surface area contributed by atoms with E-state index in [1.807, 2.05) is 20.8 Å². The summed E-state index contributed by atoms with van der Waals surface area (Å²) in [5.74, 6) is -0.435. The minimum Gasteiger partial charge on any atom is -0.459 e. The molecular weight excluding hydrogens is 315 g/mol. The summed E-state index contributed by atoms with van der Waals surface area (Å²) < 4.78 is 29.8. The minimum atomic E-state index is -3.59. The third kappa shape index (κ3) is 7.36. The molecule has 0 aliphatic rings. The maximum absolute atomic E-state index is 13.3. The van der Waals surface area contributed by atoms with E-state index in [1.54, 1.807) is 34.6 Å². The molecule has 0 aromatic heterocycles. The molecule has 0 aliphatic carbocycles. The molecule has 0 N–H and O–H groups in total. The molecule has 138 valence electrons. The number of rotatable bonds is 10. The first-order valence-electron chi connectivity index (χ1n) is 8.64. The standard InChI is InChI=1S/C17H35O5P/c1-9-12-14(13(4)5)15(16(18)22-17(6,7)8)23(19,20-10-2)21-11-3/h13-15H,9-12H2,1-8H3. The van der Waals surface area contributed by atoms with E-state index in [1.165, 1.54) is 0 Å². The summed E-state index contributed by atoms with van der Waals surface area (Å²) in [6.07, 6.45) is 1.66. The van der Waals surface area contributed by atoms with Crippen LogP contribution >= 0.6 is 7.60 Å². The third-order valence-corrected chi connectivity index (χ3v) is 6.00. The van der Waals surface area contributed by atoms with Crippen molar-refractivity contribution in [3.05, 3.63) is 0 Å². The van der Waals surface area contributed by atoms with E-state index in [9.17, 15) is 9.36 Å². The minimum absolute atomic E-state index is 0.112. The molecule has 0 heterocycles. The molecule has 0 radical (unpaired) electrons. The lowest BCUT2D eigenvalue weighted by Gasteiger charge is -2.34. The van der Waals surface area contributed by atoms with Crippen LogP contribution in [0.1, 0.15) is 68.2 Å². The van der Waals surface area contributed by atoms with Crippen molar-refractivity contribution in [3.8, 4) is 0 Å². The summed E-state index contributed by atoms with van der Waals surface area (Å²) in [6.45, 7) is 15.5. The van der Waals surface area contributed by atoms with Crippen molar-refractivity contribution < 1.29 is 23.1 Å². The van der Waals surface area contributed by atoms with Crippen molar-refractivity contribution in [3.63, 3.8) is 0 Å². The SMILES string of the molecule is CCCC(C(C)C)C(C(=O)OC(C)(C)C)P(=O)(OCC)OCC. The van der Waals surface area contributed by atoms with Crippen LogP contribution in [0.3, 0.4) is 0 Å². The molecule has 23 heavy (non-hydrogen) atoms. The number of carbonyl (C=O) groups is 1. The Morgan fingerprint density at radius 1 is 1.04 bits per heavy atom. The number of ether oxygens (including phenoxy) is 1. The molecule has 0 aliphatic heterocycles. The van der Waals surface area contributed by atoms with E-state index in [2.05, 4.69) is 0 Å². The Morgan fingerprint density at radius 2 is 1.52 bits per heavy atom. The molecule has 0 saturated heterocycles. The van der Waals surface area contributed by atoms with E-state index >= 15 is 0 Å². The summed E-state index contributed by atoms with van der Waals surface area (Å²) >= 11 is 0. The van der Waals surface area contributed by atoms with Crippen molar-refractivity contribution >= 4 is 13.6 Å². The summed E-state index contributed by atoms with van der Waals surface area (Å²) in [5, 5.41) is 0. The highest BCUT2D eigenvalue weighted by Crippen LogP contribution is 2.57. The molecule has 2 unspecified atom stereocenters. The summed E-state index contributed by atoms with van der Waals surface area (Å²) in [5.41, 5.74) is -1.53. The smallest absolute Gasteiger partial charge is 0.345 e. The zero-order valence-corrected chi connectivity index (χ0v) is 16.9. The van der Waals surface area contributed by atoms with Gasteiger partial charge in [0.25, 0.3) is 0 Å². The van der Waals surface area contributed by atoms with Gasteiger partial charge in [0.2, 0.25) is 0 Å². The number of esters is 1. The van der Waals surface area contributed by atoms with E-state index < -0.39 is 24.8 Å². The lowest BCUT2D eigenvalue weighted by atomic mass is 9.88. The molecular formula is C17H35O5P. The van der Waals surface area contributed by atoms with Gasteiger partial charge in [0, 0.05) is 0 Å². The molecule has 0 aromatic carbocycles. The molecule has 0 aromatic rings. The summed E-state index contributed by atoms with van der Waals surface area (Å²) in [6, 6.07) is 0. The van der Waals surface area contributed by atoms with Crippen molar-refractivity contribution in [2.75, 3.05) is 13.2 Å². The highest BCUT2D eigenvalue weighted by atomic mass is 31.2. The maximum atomic E-state index is 13.3. The van der Waals surface area contributed by atoms with Crippen LogP contribution in [-0.4, -0.2) is 30.4 Å². The van der Waals surface area contributed by atoms with Crippen LogP contribution in [0.4, 0.5) is 0 Å². The number of hydrogen-bond donors (Lipinski definition) is 0. The normalized spacial score (nSPS) is 15.5. The Kier molecular flexibility index (Phi) is 9.64. The second kappa shape index (κ2) is 9.80. The predicted octanol–water partition coefficient (Wildman–Crippen LogP) is 5.04. The predicted molar refractivity (Wildman–Crippen MR) is 93.7 cm³/mol. The molecule has 2 atom stereocenters. The molecule has 0 bridgehead atoms. The molecule has 0 rings (SSSR count). The van der Waals surface area contributed by atoms with Crippen LogP contribution in [0.2, 0.25) is 0 Å². The van der Waals surface area contributed by atoms with Gasteiger partial charge in [-0.05, 0) is 52.9 Å². The highest BCUT2D eigenvalue weighted by Gasteiger charge is 2.48. The average molecular weight is 350 g/mol. The van der Waals surface area contributed by atoms with Gasteiger partial charge < -0.3 is 13.8 Å². The van der Waals surface area contributed by atoms with Crippen LogP contribution < -0.4 is 0 Å². The quantitative estimate of drug-likeness (QED) is 0.408. The van der Waals surface area contributed by atoms with Gasteiger partial charge in [-0.2, -0.15) is 0 Å². The topological polar surface area (TPSA) is 61.8 Å². The fraction of sp³-hybridized carbons (Fsp3) is 0.941. The van der Waals surface area contributed by atoms with Crippen molar-refractivity contribution in [2.24, 2.45) is 11.8 Å². The van der Waals surface area contributed by atoms with Crippen molar-refractivity contribution in [1.29, 1.82) is 0 Å². The Bertz CT molecular complexity index is 390. The van der Waals surface area contributed by atoms with Crippen molar-refractivity contribution in [2.45, 2.75) is 79.5 Å². The zero-order chi connectivity index (χ0) is 18.3. The lowest BCUT2D eigenvalue weighted by Crippen LogP contribution is -2.39. The van der Waals surface area contributed by atoms with E-state index in [4.69, 9.17) is 13.8 Å². The van der Waals surface area contributed by atoms with Crippen LogP contribution in [0, 0.1) is 11.8 Å². The number of hydrogen-bond acceptors (Lipinski definition) is 5. The number of carbonyl (C=O) groups excluding carboxylic acids is 1. The van der Waals surface area contributed by atoms with Gasteiger partial charge in [-0.25, -0.2) is 0 Å². The molecule has 0 spiro atoms. The third-order valence-electron chi connectivity index (χ3n) is 3.49. The van der Waals surface area contributed by atoms with Gasteiger partial charge >= 0.3 is 13.6 Å². The Labute approximate surface area is 142 Å². The van der Waals surface area contributed by atoms with Crippen molar-refractivity contribution in [1.82, 2.24) is 0 Å². The molecule has 6 heteroatoms. The van der Waals surface area contributed by atoms with Crippen LogP contribution in [-0.2, 0) is 23.1 Å². The fourth-order valence-electron chi connectivity index (χ4n) is 2.65. The van der Waals surface area contributed by atoms with E-state index in [0.717, 1.165) is 12.8 Å². The van der Waals surface area contributed by atoms with Gasteiger partial charge in [0.05, 0.1) is 13.2 Å². The molecule has 5 nitrogen and oxygen atoms in total. The maximum Gasteiger partial charge on any atom is 0.345 e. The second-order valence-electron chi connectivity index (χ2n) is 7.05. The van der Waals surface area contributed by atoms with Gasteiger partial charge in [0.15, 0.2) is 5.66 Å². The second-order valence-corrected chi connectivity index (χ2v) is 9.20. The van der Waals surface area contributed by atoms with E-state index in [0.29, 0.717) is 0 Å². The Morgan fingerprint density at radius 3 is 1.83 bits per heavy atom. The first kappa shape index (κ1) is 22.6. The summed E-state index contributed by atoms with van der Waals surface area (Å²) in [4.78, 5) is 12.8. The zero-order valence-electron chi connectivity index (χ0n) is 16.0. The van der Waals surface area contributed by atoms with Crippen LogP contribution in [0.15, 0.2) is 0 Å².